The van der Waals surface area contributed by atoms with Crippen LogP contribution in [0, 0.1) is 0 Å². The molecular weight excluding hydrogens is 336 g/mol. The van der Waals surface area contributed by atoms with Crippen molar-refractivity contribution in [3.8, 4) is 17.2 Å². The summed E-state index contributed by atoms with van der Waals surface area (Å²) in [5.41, 5.74) is 0.868. The van der Waals surface area contributed by atoms with E-state index >= 15 is 0 Å². The summed E-state index contributed by atoms with van der Waals surface area (Å²) in [5.74, 6) is 0.627. The molecule has 136 valence electrons. The summed E-state index contributed by atoms with van der Waals surface area (Å²) in [6.45, 7) is 0.751. The Balaban J connectivity index is 1.42. The van der Waals surface area contributed by atoms with E-state index in [1.165, 1.54) is 0 Å². The number of hydrogen-bond donors (Lipinski definition) is 2. The van der Waals surface area contributed by atoms with Crippen LogP contribution in [0.2, 0.25) is 0 Å². The molecule has 26 heavy (non-hydrogen) atoms. The highest BCUT2D eigenvalue weighted by atomic mass is 16.6. The summed E-state index contributed by atoms with van der Waals surface area (Å²) in [7, 11) is 1.58. The van der Waals surface area contributed by atoms with Crippen LogP contribution in [0.1, 0.15) is 5.56 Å². The number of fused-ring (bicyclic) bond motifs is 1. The van der Waals surface area contributed by atoms with Gasteiger partial charge in [-0.3, -0.25) is 9.59 Å². The van der Waals surface area contributed by atoms with E-state index in [1.54, 1.807) is 25.3 Å². The topological polar surface area (TPSA) is 85.9 Å². The van der Waals surface area contributed by atoms with Gasteiger partial charge in [0.2, 0.25) is 0 Å². The first-order chi connectivity index (χ1) is 12.7. The maximum absolute atomic E-state index is 11.9. The van der Waals surface area contributed by atoms with Crippen LogP contribution in [0.4, 0.5) is 0 Å². The largest absolute Gasteiger partial charge is 0.497 e. The molecule has 1 aliphatic heterocycles. The quantitative estimate of drug-likeness (QED) is 0.788. The van der Waals surface area contributed by atoms with Crippen molar-refractivity contribution in [2.45, 2.75) is 12.6 Å². The molecule has 0 bridgehead atoms. The molecule has 0 spiro atoms. The lowest BCUT2D eigenvalue weighted by Crippen LogP contribution is -2.45. The van der Waals surface area contributed by atoms with Gasteiger partial charge in [0, 0.05) is 6.54 Å². The Labute approximate surface area is 151 Å². The van der Waals surface area contributed by atoms with Gasteiger partial charge in [0.15, 0.2) is 11.5 Å². The van der Waals surface area contributed by atoms with Crippen molar-refractivity contribution in [1.82, 2.24) is 10.6 Å². The minimum Gasteiger partial charge on any atom is -0.497 e. The SMILES string of the molecule is COc1ccc(CNC(=O)C(=O)NCC2COc3ccccc3O2)cc1. The van der Waals surface area contributed by atoms with Crippen molar-refractivity contribution in [2.24, 2.45) is 0 Å². The van der Waals surface area contributed by atoms with Crippen LogP contribution in [0.3, 0.4) is 0 Å². The first-order valence-electron chi connectivity index (χ1n) is 8.23. The molecule has 2 N–H and O–H groups in total. The van der Waals surface area contributed by atoms with Crippen LogP contribution in [0.25, 0.3) is 0 Å². The van der Waals surface area contributed by atoms with Gasteiger partial charge in [-0.05, 0) is 29.8 Å². The van der Waals surface area contributed by atoms with Gasteiger partial charge in [0.1, 0.15) is 18.5 Å². The standard InChI is InChI=1S/C19H20N2O5/c1-24-14-8-6-13(7-9-14)10-20-18(22)19(23)21-11-15-12-25-16-4-2-3-5-17(16)26-15/h2-9,15H,10-12H2,1H3,(H,20,22)(H,21,23). The summed E-state index contributed by atoms with van der Waals surface area (Å²) >= 11 is 0. The Kier molecular flexibility index (Phi) is 5.58. The Morgan fingerprint density at radius 1 is 1.04 bits per heavy atom. The van der Waals surface area contributed by atoms with Crippen molar-refractivity contribution in [1.29, 1.82) is 0 Å². The molecule has 1 unspecified atom stereocenters. The predicted molar refractivity (Wildman–Crippen MR) is 94.2 cm³/mol. The molecule has 1 aliphatic rings. The summed E-state index contributed by atoms with van der Waals surface area (Å²) in [5, 5.41) is 5.14. The number of ether oxygens (including phenoxy) is 3. The molecule has 0 aromatic heterocycles. The zero-order valence-electron chi connectivity index (χ0n) is 14.4. The Bertz CT molecular complexity index is 776. The van der Waals surface area contributed by atoms with Gasteiger partial charge < -0.3 is 24.8 Å². The molecule has 0 aliphatic carbocycles. The maximum atomic E-state index is 11.9. The minimum atomic E-state index is -0.707. The van der Waals surface area contributed by atoms with Crippen LogP contribution < -0.4 is 24.8 Å². The molecule has 1 atom stereocenters. The smallest absolute Gasteiger partial charge is 0.309 e. The number of rotatable bonds is 5. The zero-order chi connectivity index (χ0) is 18.4. The number of amides is 2. The van der Waals surface area contributed by atoms with Gasteiger partial charge in [-0.15, -0.1) is 0 Å². The molecule has 0 fully saturated rings. The van der Waals surface area contributed by atoms with Crippen LogP contribution in [0.5, 0.6) is 17.2 Å². The fraction of sp³-hybridized carbons (Fsp3) is 0.263. The van der Waals surface area contributed by atoms with Crippen LogP contribution in [-0.2, 0) is 16.1 Å². The van der Waals surface area contributed by atoms with E-state index in [2.05, 4.69) is 10.6 Å². The van der Waals surface area contributed by atoms with E-state index in [-0.39, 0.29) is 19.2 Å². The molecule has 0 radical (unpaired) electrons. The highest BCUT2D eigenvalue weighted by Gasteiger charge is 2.22. The van der Waals surface area contributed by atoms with Gasteiger partial charge >= 0.3 is 11.8 Å². The molecule has 1 heterocycles. The van der Waals surface area contributed by atoms with E-state index < -0.39 is 11.8 Å². The third-order valence-electron chi connectivity index (χ3n) is 3.88. The van der Waals surface area contributed by atoms with E-state index in [4.69, 9.17) is 14.2 Å². The Hall–Kier alpha value is -3.22. The third-order valence-corrected chi connectivity index (χ3v) is 3.88. The first kappa shape index (κ1) is 17.6. The van der Waals surface area contributed by atoms with Crippen molar-refractivity contribution >= 4 is 11.8 Å². The zero-order valence-corrected chi connectivity index (χ0v) is 14.4. The van der Waals surface area contributed by atoms with Crippen LogP contribution >= 0.6 is 0 Å². The number of carbonyl (C=O) groups excluding carboxylic acids is 2. The maximum Gasteiger partial charge on any atom is 0.309 e. The summed E-state index contributed by atoms with van der Waals surface area (Å²) in [6, 6.07) is 14.5. The second kappa shape index (κ2) is 8.24. The molecule has 2 aromatic rings. The molecule has 0 saturated carbocycles. The molecule has 7 nitrogen and oxygen atoms in total. The predicted octanol–water partition coefficient (Wildman–Crippen LogP) is 1.27. The number of para-hydroxylation sites is 2. The molecular formula is C19H20N2O5. The summed E-state index contributed by atoms with van der Waals surface area (Å²) in [4.78, 5) is 23.8. The second-order valence-corrected chi connectivity index (χ2v) is 5.74. The van der Waals surface area contributed by atoms with Crippen molar-refractivity contribution < 1.29 is 23.8 Å². The molecule has 3 rings (SSSR count). The fourth-order valence-electron chi connectivity index (χ4n) is 2.46. The van der Waals surface area contributed by atoms with Crippen molar-refractivity contribution in [2.75, 3.05) is 20.3 Å². The van der Waals surface area contributed by atoms with Gasteiger partial charge in [-0.2, -0.15) is 0 Å². The van der Waals surface area contributed by atoms with E-state index in [9.17, 15) is 9.59 Å². The van der Waals surface area contributed by atoms with Gasteiger partial charge in [-0.1, -0.05) is 24.3 Å². The highest BCUT2D eigenvalue weighted by Crippen LogP contribution is 2.30. The molecule has 0 saturated heterocycles. The lowest BCUT2D eigenvalue weighted by Gasteiger charge is -2.26. The number of benzene rings is 2. The van der Waals surface area contributed by atoms with E-state index in [0.29, 0.717) is 18.1 Å². The fourth-order valence-corrected chi connectivity index (χ4v) is 2.46. The third kappa shape index (κ3) is 4.44. The van der Waals surface area contributed by atoms with E-state index in [0.717, 1.165) is 11.3 Å². The summed E-state index contributed by atoms with van der Waals surface area (Å²) in [6.07, 6.45) is -0.344. The monoisotopic (exact) mass is 356 g/mol. The van der Waals surface area contributed by atoms with Gasteiger partial charge in [0.25, 0.3) is 0 Å². The average Bonchev–Trinajstić information content (AvgIpc) is 2.70. The second-order valence-electron chi connectivity index (χ2n) is 5.74. The number of methoxy groups -OCH3 is 1. The number of carbonyl (C=O) groups is 2. The average molecular weight is 356 g/mol. The van der Waals surface area contributed by atoms with Crippen molar-refractivity contribution in [3.63, 3.8) is 0 Å². The molecule has 2 aromatic carbocycles. The first-order valence-corrected chi connectivity index (χ1v) is 8.23. The number of nitrogens with one attached hydrogen (secondary N) is 2. The number of hydrogen-bond acceptors (Lipinski definition) is 5. The minimum absolute atomic E-state index is 0.184. The van der Waals surface area contributed by atoms with Gasteiger partial charge in [-0.25, -0.2) is 0 Å². The van der Waals surface area contributed by atoms with Gasteiger partial charge in [0.05, 0.1) is 13.7 Å². The van der Waals surface area contributed by atoms with Crippen LogP contribution in [0.15, 0.2) is 48.5 Å². The Morgan fingerprint density at radius 2 is 1.73 bits per heavy atom. The normalized spacial score (nSPS) is 15.0. The Morgan fingerprint density at radius 3 is 2.46 bits per heavy atom. The van der Waals surface area contributed by atoms with Crippen LogP contribution in [-0.4, -0.2) is 38.2 Å². The molecule has 2 amide bonds. The van der Waals surface area contributed by atoms with E-state index in [1.807, 2.05) is 30.3 Å². The lowest BCUT2D eigenvalue weighted by atomic mass is 10.2. The summed E-state index contributed by atoms with van der Waals surface area (Å²) < 4.78 is 16.4. The highest BCUT2D eigenvalue weighted by molar-refractivity contribution is 6.35. The molecule has 7 heteroatoms. The lowest BCUT2D eigenvalue weighted by molar-refractivity contribution is -0.139. The van der Waals surface area contributed by atoms with Crippen molar-refractivity contribution in [3.05, 3.63) is 54.1 Å².